The monoisotopic (exact) mass is 482 g/mol. The van der Waals surface area contributed by atoms with E-state index in [4.69, 9.17) is 28.5 Å². The molecule has 2 aromatic carbocycles. The van der Waals surface area contributed by atoms with Crippen LogP contribution < -0.4 is 34.0 Å². The molecule has 4 aliphatic rings. The van der Waals surface area contributed by atoms with Gasteiger partial charge >= 0.3 is 0 Å². The van der Waals surface area contributed by atoms with E-state index in [2.05, 4.69) is 28.6 Å². The van der Waals surface area contributed by atoms with Crippen molar-refractivity contribution in [2.24, 2.45) is 5.92 Å². The summed E-state index contributed by atoms with van der Waals surface area (Å²) in [5.74, 6) is 4.57. The summed E-state index contributed by atoms with van der Waals surface area (Å²) in [4.78, 5) is 8.38. The number of hydrogen-bond donors (Lipinski definition) is 1. The summed E-state index contributed by atoms with van der Waals surface area (Å²) in [6.45, 7) is 2.38. The molecule has 2 fully saturated rings. The van der Waals surface area contributed by atoms with E-state index in [1.165, 1.54) is 25.7 Å². The van der Waals surface area contributed by atoms with E-state index in [9.17, 15) is 0 Å². The molecule has 0 amide bonds. The average molecular weight is 483 g/mol. The lowest BCUT2D eigenvalue weighted by atomic mass is 9.66. The zero-order chi connectivity index (χ0) is 24.0. The molecule has 2 aromatic rings. The molecule has 6 rings (SSSR count). The normalized spacial score (nSPS) is 27.1. The molecular formula is C27H34N2O6. The number of nitrogens with zero attached hydrogens (tertiary/aromatic N) is 1. The van der Waals surface area contributed by atoms with Gasteiger partial charge in [0.25, 0.3) is 0 Å². The molecule has 8 nitrogen and oxygen atoms in total. The minimum absolute atomic E-state index is 0.0770. The molecule has 8 heteroatoms. The smallest absolute Gasteiger partial charge is 0.231 e. The highest BCUT2D eigenvalue weighted by molar-refractivity contribution is 5.60. The molecule has 0 bridgehead atoms. The van der Waals surface area contributed by atoms with Gasteiger partial charge in [-0.1, -0.05) is 6.42 Å². The van der Waals surface area contributed by atoms with Crippen LogP contribution in [0.2, 0.25) is 0 Å². The number of benzene rings is 2. The molecule has 0 spiro atoms. The number of fused-ring (bicyclic) bond motifs is 3. The molecular weight excluding hydrogens is 448 g/mol. The Morgan fingerprint density at radius 1 is 0.914 bits per heavy atom. The number of nitrogens with one attached hydrogen (secondary N) is 1. The maximum absolute atomic E-state index is 7.05. The molecule has 1 aliphatic carbocycles. The number of ether oxygens (including phenoxy) is 5. The minimum atomic E-state index is -0.336. The first-order valence-electron chi connectivity index (χ1n) is 12.7. The lowest BCUT2D eigenvalue weighted by Crippen LogP contribution is -2.61. The highest BCUT2D eigenvalue weighted by Gasteiger charge is 2.55. The molecule has 0 aromatic heterocycles. The van der Waals surface area contributed by atoms with Crippen LogP contribution in [0.25, 0.3) is 0 Å². The molecule has 0 radical (unpaired) electrons. The Labute approximate surface area is 206 Å². The van der Waals surface area contributed by atoms with Gasteiger partial charge in [-0.15, -0.1) is 0 Å². The second-order valence-electron chi connectivity index (χ2n) is 9.78. The summed E-state index contributed by atoms with van der Waals surface area (Å²) in [7, 11) is 5.03. The molecule has 188 valence electrons. The third-order valence-corrected chi connectivity index (χ3v) is 8.09. The predicted octanol–water partition coefficient (Wildman–Crippen LogP) is 4.45. The Morgan fingerprint density at radius 2 is 1.69 bits per heavy atom. The molecule has 1 saturated carbocycles. The number of likely N-dealkylation sites (tertiary alicyclic amines) is 1. The highest BCUT2D eigenvalue weighted by Crippen LogP contribution is 2.58. The highest BCUT2D eigenvalue weighted by atomic mass is 16.7. The van der Waals surface area contributed by atoms with Gasteiger partial charge in [-0.2, -0.15) is 5.48 Å². The van der Waals surface area contributed by atoms with Crippen molar-refractivity contribution in [1.82, 2.24) is 10.4 Å². The van der Waals surface area contributed by atoms with Crippen molar-refractivity contribution in [3.63, 3.8) is 0 Å². The molecule has 3 unspecified atom stereocenters. The lowest BCUT2D eigenvalue weighted by molar-refractivity contribution is -0.154. The summed E-state index contributed by atoms with van der Waals surface area (Å²) in [5.41, 5.74) is 4.70. The van der Waals surface area contributed by atoms with E-state index in [0.717, 1.165) is 54.3 Å². The molecule has 3 atom stereocenters. The van der Waals surface area contributed by atoms with Gasteiger partial charge in [-0.05, 0) is 49.4 Å². The van der Waals surface area contributed by atoms with Crippen LogP contribution in [0.5, 0.6) is 34.5 Å². The third-order valence-electron chi connectivity index (χ3n) is 8.09. The Balaban J connectivity index is 1.56. The van der Waals surface area contributed by atoms with Crippen LogP contribution >= 0.6 is 0 Å². The quantitative estimate of drug-likeness (QED) is 0.606. The Hall–Kier alpha value is -2.84. The number of rotatable bonds is 6. The average Bonchev–Trinajstić information content (AvgIpc) is 3.58. The van der Waals surface area contributed by atoms with Crippen LogP contribution in [0, 0.1) is 5.92 Å². The first-order chi connectivity index (χ1) is 17.2. The van der Waals surface area contributed by atoms with Crippen molar-refractivity contribution in [3.8, 4) is 34.5 Å². The molecule has 1 N–H and O–H groups in total. The van der Waals surface area contributed by atoms with Gasteiger partial charge in [-0.25, -0.2) is 0 Å². The largest absolute Gasteiger partial charge is 0.493 e. The summed E-state index contributed by atoms with van der Waals surface area (Å²) < 4.78 is 30.0. The second-order valence-corrected chi connectivity index (χ2v) is 9.78. The lowest BCUT2D eigenvalue weighted by Gasteiger charge is -2.55. The van der Waals surface area contributed by atoms with E-state index >= 15 is 0 Å². The first kappa shape index (κ1) is 22.6. The van der Waals surface area contributed by atoms with Gasteiger partial charge in [0, 0.05) is 50.0 Å². The minimum Gasteiger partial charge on any atom is -0.493 e. The van der Waals surface area contributed by atoms with Gasteiger partial charge in [0.2, 0.25) is 12.5 Å². The maximum atomic E-state index is 7.05. The molecule has 1 saturated heterocycles. The SMILES string of the molecule is CNOc1cc(C2c3cc4c(cc3OC3(N5CCCC5)CCCCC23)OCO4)cc(OC)c1OC. The maximum Gasteiger partial charge on any atom is 0.231 e. The van der Waals surface area contributed by atoms with Crippen LogP contribution in [-0.4, -0.2) is 51.8 Å². The van der Waals surface area contributed by atoms with Crippen molar-refractivity contribution in [3.05, 3.63) is 35.4 Å². The van der Waals surface area contributed by atoms with Crippen molar-refractivity contribution < 1.29 is 28.5 Å². The van der Waals surface area contributed by atoms with Crippen LogP contribution in [0.4, 0.5) is 0 Å². The Bertz CT molecular complexity index is 1100. The van der Waals surface area contributed by atoms with Crippen molar-refractivity contribution >= 4 is 0 Å². The summed E-state index contributed by atoms with van der Waals surface area (Å²) in [6, 6.07) is 8.31. The molecule has 3 heterocycles. The topological polar surface area (TPSA) is 70.7 Å². The van der Waals surface area contributed by atoms with Crippen molar-refractivity contribution in [1.29, 1.82) is 0 Å². The zero-order valence-corrected chi connectivity index (χ0v) is 20.7. The van der Waals surface area contributed by atoms with Crippen molar-refractivity contribution in [2.45, 2.75) is 50.2 Å². The Morgan fingerprint density at radius 3 is 2.43 bits per heavy atom. The summed E-state index contributed by atoms with van der Waals surface area (Å²) in [5, 5.41) is 0. The van der Waals surface area contributed by atoms with E-state index in [-0.39, 0.29) is 24.4 Å². The fourth-order valence-corrected chi connectivity index (χ4v) is 6.66. The van der Waals surface area contributed by atoms with E-state index in [1.807, 2.05) is 6.07 Å². The standard InChI is InChI=1S/C27H34N2O6/c1-28-35-24-13-17(12-23(30-2)26(24)31-3)25-18-14-21-22(33-16-32-21)15-20(18)34-27(29-10-6-7-11-29)9-5-4-8-19(25)27/h12-15,19,25,28H,4-11,16H2,1-3H3. The predicted molar refractivity (Wildman–Crippen MR) is 130 cm³/mol. The fourth-order valence-electron chi connectivity index (χ4n) is 6.66. The number of hydroxylamine groups is 1. The fraction of sp³-hybridized carbons (Fsp3) is 0.556. The van der Waals surface area contributed by atoms with E-state index in [1.54, 1.807) is 21.3 Å². The number of hydrogen-bond acceptors (Lipinski definition) is 8. The Kier molecular flexibility index (Phi) is 5.81. The first-order valence-corrected chi connectivity index (χ1v) is 12.7. The van der Waals surface area contributed by atoms with Gasteiger partial charge in [-0.3, -0.25) is 4.90 Å². The van der Waals surface area contributed by atoms with Gasteiger partial charge < -0.3 is 28.5 Å². The van der Waals surface area contributed by atoms with Crippen LogP contribution in [0.3, 0.4) is 0 Å². The summed E-state index contributed by atoms with van der Waals surface area (Å²) in [6.07, 6.45) is 6.90. The number of methoxy groups -OCH3 is 2. The van der Waals surface area contributed by atoms with Gasteiger partial charge in [0.05, 0.1) is 14.2 Å². The van der Waals surface area contributed by atoms with Gasteiger partial charge in [0.15, 0.2) is 28.7 Å². The zero-order valence-electron chi connectivity index (χ0n) is 20.7. The van der Waals surface area contributed by atoms with Crippen LogP contribution in [0.1, 0.15) is 55.6 Å². The van der Waals surface area contributed by atoms with Crippen LogP contribution in [0.15, 0.2) is 24.3 Å². The van der Waals surface area contributed by atoms with Gasteiger partial charge in [0.1, 0.15) is 5.75 Å². The second kappa shape index (κ2) is 8.99. The van der Waals surface area contributed by atoms with Crippen LogP contribution in [-0.2, 0) is 0 Å². The summed E-state index contributed by atoms with van der Waals surface area (Å²) >= 11 is 0. The molecule has 35 heavy (non-hydrogen) atoms. The van der Waals surface area contributed by atoms with E-state index < -0.39 is 0 Å². The third kappa shape index (κ3) is 3.57. The molecule has 3 aliphatic heterocycles. The van der Waals surface area contributed by atoms with E-state index in [0.29, 0.717) is 17.2 Å². The van der Waals surface area contributed by atoms with Crippen molar-refractivity contribution in [2.75, 3.05) is 41.1 Å².